The molecule has 0 saturated carbocycles. The molecule has 0 bridgehead atoms. The number of ether oxygens (including phenoxy) is 1. The van der Waals surface area contributed by atoms with Crippen LogP contribution in [0.2, 0.25) is 0 Å². The van der Waals surface area contributed by atoms with Crippen LogP contribution in [0.5, 0.6) is 0 Å². The van der Waals surface area contributed by atoms with E-state index >= 15 is 0 Å². The summed E-state index contributed by atoms with van der Waals surface area (Å²) in [6.45, 7) is 0.772. The maximum atomic E-state index is 11.0. The van der Waals surface area contributed by atoms with E-state index in [2.05, 4.69) is 4.98 Å². The minimum atomic E-state index is -0.928. The fraction of sp³-hybridized carbons (Fsp3) is 0.429. The number of aryl methyl sites for hydroxylation is 1. The molecule has 0 radical (unpaired) electrons. The molecule has 5 nitrogen and oxygen atoms in total. The highest BCUT2D eigenvalue weighted by atomic mass is 16.5. The molecule has 5 heteroatoms. The van der Waals surface area contributed by atoms with Crippen molar-refractivity contribution in [2.24, 2.45) is 7.05 Å². The van der Waals surface area contributed by atoms with Crippen molar-refractivity contribution in [2.45, 2.75) is 25.4 Å². The molecule has 3 rings (SSSR count). The van der Waals surface area contributed by atoms with Gasteiger partial charge < -0.3 is 14.4 Å². The molecule has 1 aromatic carbocycles. The first-order valence-electron chi connectivity index (χ1n) is 6.48. The minimum Gasteiger partial charge on any atom is -0.478 e. The van der Waals surface area contributed by atoms with Crippen LogP contribution in [0.3, 0.4) is 0 Å². The molecule has 2 aromatic rings. The summed E-state index contributed by atoms with van der Waals surface area (Å²) in [5.41, 5.74) is 1.92. The predicted molar refractivity (Wildman–Crippen MR) is 70.2 cm³/mol. The quantitative estimate of drug-likeness (QED) is 0.901. The summed E-state index contributed by atoms with van der Waals surface area (Å²) in [6.07, 6.45) is 3.25. The Hall–Kier alpha value is -1.88. The number of carboxylic acids is 1. The first-order chi connectivity index (χ1) is 9.16. The average molecular weight is 260 g/mol. The van der Waals surface area contributed by atoms with Gasteiger partial charge in [0.15, 0.2) is 0 Å². The molecule has 100 valence electrons. The number of rotatable bonds is 2. The van der Waals surface area contributed by atoms with Crippen LogP contribution in [-0.2, 0) is 11.8 Å². The first kappa shape index (κ1) is 12.2. The maximum Gasteiger partial charge on any atom is 0.335 e. The van der Waals surface area contributed by atoms with Crippen LogP contribution in [0.4, 0.5) is 0 Å². The topological polar surface area (TPSA) is 64.4 Å². The second-order valence-corrected chi connectivity index (χ2v) is 4.89. The maximum absolute atomic E-state index is 11.0. The van der Waals surface area contributed by atoms with Gasteiger partial charge in [0.2, 0.25) is 0 Å². The van der Waals surface area contributed by atoms with Crippen molar-refractivity contribution in [3.8, 4) is 0 Å². The van der Waals surface area contributed by atoms with E-state index in [-0.39, 0.29) is 11.7 Å². The standard InChI is InChI=1S/C14H16N2O3/c1-16-11-6-5-9(14(17)18)8-10(11)15-13(16)12-4-2-3-7-19-12/h5-6,8,12H,2-4,7H2,1H3,(H,17,18). The third kappa shape index (κ3) is 2.10. The van der Waals surface area contributed by atoms with Gasteiger partial charge in [0.05, 0.1) is 16.6 Å². The third-order valence-corrected chi connectivity index (χ3v) is 3.63. The second kappa shape index (κ2) is 4.66. The summed E-state index contributed by atoms with van der Waals surface area (Å²) in [5.74, 6) is -0.0414. The van der Waals surface area contributed by atoms with Crippen LogP contribution in [0.15, 0.2) is 18.2 Å². The van der Waals surface area contributed by atoms with E-state index in [4.69, 9.17) is 9.84 Å². The van der Waals surface area contributed by atoms with Gasteiger partial charge in [-0.1, -0.05) is 0 Å². The van der Waals surface area contributed by atoms with Gasteiger partial charge in [-0.05, 0) is 37.5 Å². The second-order valence-electron chi connectivity index (χ2n) is 4.89. The number of fused-ring (bicyclic) bond motifs is 1. The lowest BCUT2D eigenvalue weighted by Crippen LogP contribution is -2.15. The van der Waals surface area contributed by atoms with E-state index in [0.29, 0.717) is 5.52 Å². The molecule has 1 aliphatic heterocycles. The minimum absolute atomic E-state index is 0.0272. The summed E-state index contributed by atoms with van der Waals surface area (Å²) >= 11 is 0. The number of carbonyl (C=O) groups is 1. The molecule has 2 heterocycles. The van der Waals surface area contributed by atoms with E-state index in [1.54, 1.807) is 18.2 Å². The number of benzene rings is 1. The zero-order valence-electron chi connectivity index (χ0n) is 10.8. The van der Waals surface area contributed by atoms with Gasteiger partial charge in [-0.2, -0.15) is 0 Å². The summed E-state index contributed by atoms with van der Waals surface area (Å²) in [5, 5.41) is 9.01. The fourth-order valence-electron chi connectivity index (χ4n) is 2.58. The number of carboxylic acid groups (broad SMARTS) is 1. The summed E-state index contributed by atoms with van der Waals surface area (Å²) < 4.78 is 7.75. The number of hydrogen-bond acceptors (Lipinski definition) is 3. The lowest BCUT2D eigenvalue weighted by Gasteiger charge is -2.21. The van der Waals surface area contributed by atoms with Crippen LogP contribution >= 0.6 is 0 Å². The molecule has 0 spiro atoms. The monoisotopic (exact) mass is 260 g/mol. The lowest BCUT2D eigenvalue weighted by molar-refractivity contribution is 0.00817. The van der Waals surface area contributed by atoms with Crippen molar-refractivity contribution in [2.75, 3.05) is 6.61 Å². The summed E-state index contributed by atoms with van der Waals surface area (Å²) in [6, 6.07) is 5.03. The van der Waals surface area contributed by atoms with Gasteiger partial charge in [0, 0.05) is 13.7 Å². The van der Waals surface area contributed by atoms with Gasteiger partial charge in [0.25, 0.3) is 0 Å². The van der Waals surface area contributed by atoms with Crippen LogP contribution in [0.25, 0.3) is 11.0 Å². The molecule has 1 saturated heterocycles. The van der Waals surface area contributed by atoms with Gasteiger partial charge in [-0.3, -0.25) is 0 Å². The molecule has 19 heavy (non-hydrogen) atoms. The Morgan fingerprint density at radius 3 is 3.00 bits per heavy atom. The average Bonchev–Trinajstić information content (AvgIpc) is 2.76. The largest absolute Gasteiger partial charge is 0.478 e. The van der Waals surface area contributed by atoms with Gasteiger partial charge in [-0.15, -0.1) is 0 Å². The molecular formula is C14H16N2O3. The molecule has 1 unspecified atom stereocenters. The Bertz CT molecular complexity index is 627. The Morgan fingerprint density at radius 1 is 1.47 bits per heavy atom. The van der Waals surface area contributed by atoms with Crippen molar-refractivity contribution >= 4 is 17.0 Å². The highest BCUT2D eigenvalue weighted by Gasteiger charge is 2.22. The van der Waals surface area contributed by atoms with Crippen molar-refractivity contribution in [3.05, 3.63) is 29.6 Å². The normalized spacial score (nSPS) is 19.7. The lowest BCUT2D eigenvalue weighted by atomic mass is 10.1. The molecule has 0 aliphatic carbocycles. The van der Waals surface area contributed by atoms with Gasteiger partial charge >= 0.3 is 5.97 Å². The van der Waals surface area contributed by atoms with E-state index in [9.17, 15) is 4.79 Å². The van der Waals surface area contributed by atoms with Crippen LogP contribution in [-0.4, -0.2) is 27.2 Å². The van der Waals surface area contributed by atoms with E-state index in [1.807, 2.05) is 11.6 Å². The molecule has 1 N–H and O–H groups in total. The highest BCUT2D eigenvalue weighted by Crippen LogP contribution is 2.29. The van der Waals surface area contributed by atoms with Crippen molar-refractivity contribution in [1.29, 1.82) is 0 Å². The Kier molecular flexibility index (Phi) is 2.98. The molecule has 1 atom stereocenters. The third-order valence-electron chi connectivity index (χ3n) is 3.63. The number of nitrogens with zero attached hydrogens (tertiary/aromatic N) is 2. The van der Waals surface area contributed by atoms with Crippen molar-refractivity contribution in [1.82, 2.24) is 9.55 Å². The van der Waals surface area contributed by atoms with Gasteiger partial charge in [0.1, 0.15) is 11.9 Å². The molecule has 1 aromatic heterocycles. The number of hydrogen-bond donors (Lipinski definition) is 1. The Balaban J connectivity index is 2.06. The SMILES string of the molecule is Cn1c(C2CCCCO2)nc2cc(C(=O)O)ccc21. The number of imidazole rings is 1. The van der Waals surface area contributed by atoms with Crippen LogP contribution < -0.4 is 0 Å². The fourth-order valence-corrected chi connectivity index (χ4v) is 2.58. The summed E-state index contributed by atoms with van der Waals surface area (Å²) in [7, 11) is 1.95. The molecule has 0 amide bonds. The number of aromatic carboxylic acids is 1. The van der Waals surface area contributed by atoms with Crippen molar-refractivity contribution < 1.29 is 14.6 Å². The Labute approximate surface area is 110 Å². The van der Waals surface area contributed by atoms with Crippen molar-refractivity contribution in [3.63, 3.8) is 0 Å². The van der Waals surface area contributed by atoms with E-state index < -0.39 is 5.97 Å². The Morgan fingerprint density at radius 2 is 2.32 bits per heavy atom. The van der Waals surface area contributed by atoms with Crippen LogP contribution in [0, 0.1) is 0 Å². The zero-order valence-corrected chi connectivity index (χ0v) is 10.8. The first-order valence-corrected chi connectivity index (χ1v) is 6.48. The van der Waals surface area contributed by atoms with Crippen LogP contribution in [0.1, 0.15) is 41.5 Å². The molecular weight excluding hydrogens is 244 g/mol. The molecule has 1 aliphatic rings. The predicted octanol–water partition coefficient (Wildman–Crippen LogP) is 2.51. The molecule has 1 fully saturated rings. The zero-order chi connectivity index (χ0) is 13.4. The highest BCUT2D eigenvalue weighted by molar-refractivity contribution is 5.92. The number of aromatic nitrogens is 2. The van der Waals surface area contributed by atoms with E-state index in [1.165, 1.54) is 0 Å². The van der Waals surface area contributed by atoms with E-state index in [0.717, 1.165) is 37.2 Å². The van der Waals surface area contributed by atoms with Gasteiger partial charge in [-0.25, -0.2) is 9.78 Å². The summed E-state index contributed by atoms with van der Waals surface area (Å²) in [4.78, 5) is 15.5. The smallest absolute Gasteiger partial charge is 0.335 e.